The molecule has 2 atom stereocenters. The number of thiophene rings is 1. The molecule has 2 fully saturated rings. The van der Waals surface area contributed by atoms with Crippen LogP contribution < -0.4 is 15.5 Å². The molecular formula is C21H22ClN3O4S. The highest BCUT2D eigenvalue weighted by Gasteiger charge is 2.34. The van der Waals surface area contributed by atoms with Gasteiger partial charge in [0.05, 0.1) is 21.7 Å². The molecule has 1 aromatic carbocycles. The standard InChI is InChI=1S/C21H22ClN3O4S/c22-18-10-9-17(30-18)20(27)24-16-4-1-3-15(16)19(26)23-13-5-7-14(8-6-13)25-11-2-12-29-21(25)28/h5-10,15-16H,1-4,11-12H2,(H,23,26)(H,24,27)/t15-,16+/m0/s1. The van der Waals surface area contributed by atoms with Gasteiger partial charge in [-0.15, -0.1) is 11.3 Å². The molecule has 1 saturated carbocycles. The van der Waals surface area contributed by atoms with Crippen LogP contribution >= 0.6 is 22.9 Å². The predicted octanol–water partition coefficient (Wildman–Crippen LogP) is 4.29. The number of halogens is 1. The van der Waals surface area contributed by atoms with E-state index in [1.165, 1.54) is 11.3 Å². The first kappa shape index (κ1) is 20.7. The molecule has 7 nitrogen and oxygen atoms in total. The van der Waals surface area contributed by atoms with E-state index in [0.29, 0.717) is 28.1 Å². The van der Waals surface area contributed by atoms with E-state index in [1.807, 2.05) is 0 Å². The van der Waals surface area contributed by atoms with Gasteiger partial charge < -0.3 is 15.4 Å². The van der Waals surface area contributed by atoms with Crippen molar-refractivity contribution in [3.8, 4) is 0 Å². The van der Waals surface area contributed by atoms with Crippen molar-refractivity contribution >= 4 is 52.2 Å². The number of nitrogens with zero attached hydrogens (tertiary/aromatic N) is 1. The van der Waals surface area contributed by atoms with E-state index in [-0.39, 0.29) is 29.9 Å². The molecule has 2 N–H and O–H groups in total. The van der Waals surface area contributed by atoms with Gasteiger partial charge in [-0.2, -0.15) is 0 Å². The van der Waals surface area contributed by atoms with Crippen molar-refractivity contribution in [3.63, 3.8) is 0 Å². The highest BCUT2D eigenvalue weighted by Crippen LogP contribution is 2.29. The van der Waals surface area contributed by atoms with E-state index in [2.05, 4.69) is 10.6 Å². The van der Waals surface area contributed by atoms with E-state index in [1.54, 1.807) is 41.3 Å². The first-order valence-electron chi connectivity index (χ1n) is 9.93. The van der Waals surface area contributed by atoms with Crippen molar-refractivity contribution in [2.75, 3.05) is 23.4 Å². The number of ether oxygens (including phenoxy) is 1. The van der Waals surface area contributed by atoms with Crippen LogP contribution in [-0.2, 0) is 9.53 Å². The summed E-state index contributed by atoms with van der Waals surface area (Å²) >= 11 is 7.13. The van der Waals surface area contributed by atoms with Gasteiger partial charge in [-0.1, -0.05) is 18.0 Å². The van der Waals surface area contributed by atoms with Crippen molar-refractivity contribution in [1.29, 1.82) is 0 Å². The fourth-order valence-corrected chi connectivity index (χ4v) is 4.81. The van der Waals surface area contributed by atoms with Gasteiger partial charge in [-0.25, -0.2) is 4.79 Å². The predicted molar refractivity (Wildman–Crippen MR) is 116 cm³/mol. The lowest BCUT2D eigenvalue weighted by atomic mass is 10.0. The Labute approximate surface area is 183 Å². The molecule has 0 bridgehead atoms. The van der Waals surface area contributed by atoms with Gasteiger partial charge in [0.1, 0.15) is 0 Å². The normalized spacial score (nSPS) is 21.2. The zero-order chi connectivity index (χ0) is 21.1. The van der Waals surface area contributed by atoms with E-state index < -0.39 is 0 Å². The summed E-state index contributed by atoms with van der Waals surface area (Å²) in [5, 5.41) is 5.91. The van der Waals surface area contributed by atoms with E-state index in [9.17, 15) is 14.4 Å². The highest BCUT2D eigenvalue weighted by atomic mass is 35.5. The Hall–Kier alpha value is -2.58. The van der Waals surface area contributed by atoms with Crippen molar-refractivity contribution < 1.29 is 19.1 Å². The second-order valence-corrected chi connectivity index (χ2v) is 9.09. The van der Waals surface area contributed by atoms with Crippen molar-refractivity contribution in [2.24, 2.45) is 5.92 Å². The molecule has 1 aliphatic heterocycles. The fraction of sp³-hybridized carbons (Fsp3) is 0.381. The number of benzene rings is 1. The van der Waals surface area contributed by atoms with Crippen LogP contribution in [0, 0.1) is 5.92 Å². The monoisotopic (exact) mass is 447 g/mol. The van der Waals surface area contributed by atoms with Crippen LogP contribution in [0.2, 0.25) is 4.34 Å². The molecule has 4 rings (SSSR count). The fourth-order valence-electron chi connectivity index (χ4n) is 3.87. The van der Waals surface area contributed by atoms with Gasteiger partial charge in [0.15, 0.2) is 0 Å². The minimum absolute atomic E-state index is 0.118. The van der Waals surface area contributed by atoms with Crippen LogP contribution in [0.25, 0.3) is 0 Å². The number of anilines is 2. The Balaban J connectivity index is 1.36. The summed E-state index contributed by atoms with van der Waals surface area (Å²) in [5.74, 6) is -0.609. The van der Waals surface area contributed by atoms with Crippen molar-refractivity contribution in [3.05, 3.63) is 45.6 Å². The van der Waals surface area contributed by atoms with Crippen LogP contribution in [-0.4, -0.2) is 37.1 Å². The molecule has 2 aliphatic rings. The van der Waals surface area contributed by atoms with Gasteiger partial charge in [-0.3, -0.25) is 14.5 Å². The smallest absolute Gasteiger partial charge is 0.414 e. The van der Waals surface area contributed by atoms with Gasteiger partial charge in [0, 0.05) is 24.0 Å². The largest absolute Gasteiger partial charge is 0.449 e. The molecule has 3 amide bonds. The summed E-state index contributed by atoms with van der Waals surface area (Å²) < 4.78 is 5.62. The molecule has 0 spiro atoms. The van der Waals surface area contributed by atoms with Crippen LogP contribution in [0.4, 0.5) is 16.2 Å². The Morgan fingerprint density at radius 1 is 1.10 bits per heavy atom. The first-order chi connectivity index (χ1) is 14.5. The summed E-state index contributed by atoms with van der Waals surface area (Å²) in [7, 11) is 0. The molecule has 0 radical (unpaired) electrons. The summed E-state index contributed by atoms with van der Waals surface area (Å²) in [6.45, 7) is 1.06. The second kappa shape index (κ2) is 9.06. The number of hydrogen-bond acceptors (Lipinski definition) is 5. The first-order valence-corrected chi connectivity index (χ1v) is 11.1. The van der Waals surface area contributed by atoms with Crippen molar-refractivity contribution in [1.82, 2.24) is 5.32 Å². The molecular weight excluding hydrogens is 426 g/mol. The Kier molecular flexibility index (Phi) is 6.24. The van der Waals surface area contributed by atoms with Crippen LogP contribution in [0.5, 0.6) is 0 Å². The van der Waals surface area contributed by atoms with E-state index in [0.717, 1.165) is 31.4 Å². The zero-order valence-electron chi connectivity index (χ0n) is 16.2. The lowest BCUT2D eigenvalue weighted by Gasteiger charge is -2.26. The van der Waals surface area contributed by atoms with Crippen LogP contribution in [0.15, 0.2) is 36.4 Å². The topological polar surface area (TPSA) is 87.7 Å². The van der Waals surface area contributed by atoms with Crippen molar-refractivity contribution in [2.45, 2.75) is 31.7 Å². The van der Waals surface area contributed by atoms with E-state index >= 15 is 0 Å². The maximum Gasteiger partial charge on any atom is 0.414 e. The number of nitrogens with one attached hydrogen (secondary N) is 2. The van der Waals surface area contributed by atoms with Gasteiger partial charge >= 0.3 is 6.09 Å². The molecule has 2 heterocycles. The van der Waals surface area contributed by atoms with Gasteiger partial charge in [0.2, 0.25) is 5.91 Å². The van der Waals surface area contributed by atoms with Gasteiger partial charge in [-0.05, 0) is 55.7 Å². The summed E-state index contributed by atoms with van der Waals surface area (Å²) in [5.41, 5.74) is 1.38. The number of cyclic esters (lactones) is 1. The van der Waals surface area contributed by atoms with Crippen LogP contribution in [0.1, 0.15) is 35.4 Å². The molecule has 0 unspecified atom stereocenters. The third-order valence-electron chi connectivity index (χ3n) is 5.38. The van der Waals surface area contributed by atoms with Gasteiger partial charge in [0.25, 0.3) is 5.91 Å². The third-order valence-corrected chi connectivity index (χ3v) is 6.61. The number of rotatable bonds is 5. The molecule has 9 heteroatoms. The maximum atomic E-state index is 12.8. The third kappa shape index (κ3) is 4.60. The quantitative estimate of drug-likeness (QED) is 0.715. The Morgan fingerprint density at radius 2 is 1.90 bits per heavy atom. The molecule has 2 aromatic rings. The Morgan fingerprint density at radius 3 is 2.60 bits per heavy atom. The summed E-state index contributed by atoms with van der Waals surface area (Å²) in [4.78, 5) is 39.2. The van der Waals surface area contributed by atoms with Crippen LogP contribution in [0.3, 0.4) is 0 Å². The zero-order valence-corrected chi connectivity index (χ0v) is 17.8. The number of hydrogen-bond donors (Lipinski definition) is 2. The molecule has 1 aliphatic carbocycles. The lowest BCUT2D eigenvalue weighted by Crippen LogP contribution is -2.41. The number of carbonyl (C=O) groups excluding carboxylic acids is 3. The minimum Gasteiger partial charge on any atom is -0.449 e. The van der Waals surface area contributed by atoms with E-state index in [4.69, 9.17) is 16.3 Å². The highest BCUT2D eigenvalue weighted by molar-refractivity contribution is 7.18. The average molecular weight is 448 g/mol. The number of carbonyl (C=O) groups is 3. The maximum absolute atomic E-state index is 12.8. The lowest BCUT2D eigenvalue weighted by molar-refractivity contribution is -0.120. The average Bonchev–Trinajstić information content (AvgIpc) is 3.38. The molecule has 1 aromatic heterocycles. The summed E-state index contributed by atoms with van der Waals surface area (Å²) in [6, 6.07) is 10.3. The summed E-state index contributed by atoms with van der Waals surface area (Å²) in [6.07, 6.45) is 2.80. The SMILES string of the molecule is O=C(N[C@@H]1CCC[C@@H]1C(=O)Nc1ccc(N2CCCOC2=O)cc1)c1ccc(Cl)s1. The number of amides is 3. The molecule has 158 valence electrons. The molecule has 30 heavy (non-hydrogen) atoms. The Bertz CT molecular complexity index is 946. The molecule has 1 saturated heterocycles. The minimum atomic E-state index is -0.352. The second-order valence-electron chi connectivity index (χ2n) is 7.38.